The molecular weight excluding hydrogens is 244 g/mol. The number of rotatable bonds is 3. The Hall–Kier alpha value is -1.62. The van der Waals surface area contributed by atoms with Gasteiger partial charge in [-0.3, -0.25) is 0 Å². The van der Waals surface area contributed by atoms with Crippen LogP contribution in [-0.4, -0.2) is 9.36 Å². The lowest BCUT2D eigenvalue weighted by Crippen LogP contribution is -2.06. The van der Waals surface area contributed by atoms with Crippen molar-refractivity contribution in [3.05, 3.63) is 35.2 Å². The minimum absolute atomic E-state index is 0.346. The van der Waals surface area contributed by atoms with Gasteiger partial charge < -0.3 is 11.1 Å². The average molecular weight is 260 g/mol. The van der Waals surface area contributed by atoms with E-state index >= 15 is 0 Å². The Labute approximate surface area is 110 Å². The molecule has 2 aromatic rings. The van der Waals surface area contributed by atoms with E-state index in [1.807, 2.05) is 6.07 Å². The number of benzene rings is 1. The predicted octanol–water partition coefficient (Wildman–Crippen LogP) is 2.78. The SMILES string of the molecule is CCc1nsc(NC2CCc3cc(N)ccc32)n1. The van der Waals surface area contributed by atoms with Crippen LogP contribution >= 0.6 is 11.5 Å². The van der Waals surface area contributed by atoms with Crippen LogP contribution in [0.4, 0.5) is 10.8 Å². The van der Waals surface area contributed by atoms with Crippen molar-refractivity contribution in [2.75, 3.05) is 11.1 Å². The molecule has 1 atom stereocenters. The fourth-order valence-corrected chi connectivity index (χ4v) is 3.10. The first kappa shape index (κ1) is 11.5. The van der Waals surface area contributed by atoms with Gasteiger partial charge in [0, 0.05) is 23.6 Å². The van der Waals surface area contributed by atoms with Crippen molar-refractivity contribution in [3.8, 4) is 0 Å². The van der Waals surface area contributed by atoms with E-state index in [2.05, 4.69) is 33.7 Å². The van der Waals surface area contributed by atoms with E-state index in [1.54, 1.807) is 0 Å². The zero-order valence-electron chi connectivity index (χ0n) is 10.3. The molecule has 0 bridgehead atoms. The molecule has 1 aliphatic rings. The Bertz CT molecular complexity index is 564. The van der Waals surface area contributed by atoms with Crippen LogP contribution in [-0.2, 0) is 12.8 Å². The highest BCUT2D eigenvalue weighted by atomic mass is 32.1. The molecule has 4 nitrogen and oxygen atoms in total. The molecule has 0 aliphatic heterocycles. The van der Waals surface area contributed by atoms with Crippen LogP contribution < -0.4 is 11.1 Å². The van der Waals surface area contributed by atoms with E-state index < -0.39 is 0 Å². The molecule has 3 N–H and O–H groups in total. The number of nitrogen functional groups attached to an aromatic ring is 1. The smallest absolute Gasteiger partial charge is 0.203 e. The third-order valence-corrected chi connectivity index (χ3v) is 4.01. The van der Waals surface area contributed by atoms with Gasteiger partial charge in [-0.05, 0) is 36.1 Å². The highest BCUT2D eigenvalue weighted by molar-refractivity contribution is 7.09. The second-order valence-corrected chi connectivity index (χ2v) is 5.32. The molecule has 1 aromatic heterocycles. The van der Waals surface area contributed by atoms with Gasteiger partial charge in [-0.1, -0.05) is 13.0 Å². The monoisotopic (exact) mass is 260 g/mol. The van der Waals surface area contributed by atoms with Crippen molar-refractivity contribution in [2.24, 2.45) is 0 Å². The fourth-order valence-electron chi connectivity index (χ4n) is 2.39. The standard InChI is InChI=1S/C13H16N4S/c1-2-12-16-13(18-17-12)15-11-6-3-8-7-9(14)4-5-10(8)11/h4-5,7,11H,2-3,6,14H2,1H3,(H,15,16,17). The molecule has 0 spiro atoms. The topological polar surface area (TPSA) is 63.8 Å². The number of fused-ring (bicyclic) bond motifs is 1. The van der Waals surface area contributed by atoms with Gasteiger partial charge in [0.05, 0.1) is 6.04 Å². The molecule has 5 heteroatoms. The molecule has 3 rings (SSSR count). The molecular formula is C13H16N4S. The molecule has 1 unspecified atom stereocenters. The largest absolute Gasteiger partial charge is 0.399 e. The summed E-state index contributed by atoms with van der Waals surface area (Å²) in [7, 11) is 0. The molecule has 0 saturated carbocycles. The van der Waals surface area contributed by atoms with Crippen molar-refractivity contribution in [3.63, 3.8) is 0 Å². The second kappa shape index (κ2) is 4.57. The predicted molar refractivity (Wildman–Crippen MR) is 74.8 cm³/mol. The van der Waals surface area contributed by atoms with Crippen molar-refractivity contribution in [1.29, 1.82) is 0 Å². The van der Waals surface area contributed by atoms with E-state index in [4.69, 9.17) is 5.73 Å². The van der Waals surface area contributed by atoms with E-state index in [0.29, 0.717) is 6.04 Å². The molecule has 0 saturated heterocycles. The van der Waals surface area contributed by atoms with Crippen LogP contribution in [0.1, 0.15) is 36.3 Å². The summed E-state index contributed by atoms with van der Waals surface area (Å²) in [5.41, 5.74) is 9.35. The first-order valence-electron chi connectivity index (χ1n) is 6.23. The Morgan fingerprint density at radius 2 is 2.39 bits per heavy atom. The molecule has 18 heavy (non-hydrogen) atoms. The third kappa shape index (κ3) is 2.06. The number of nitrogens with one attached hydrogen (secondary N) is 1. The summed E-state index contributed by atoms with van der Waals surface area (Å²) < 4.78 is 4.29. The Morgan fingerprint density at radius 1 is 1.50 bits per heavy atom. The normalized spacial score (nSPS) is 17.7. The summed E-state index contributed by atoms with van der Waals surface area (Å²) in [6.07, 6.45) is 3.06. The van der Waals surface area contributed by atoms with Crippen LogP contribution in [0, 0.1) is 0 Å². The summed E-state index contributed by atoms with van der Waals surface area (Å²) in [6.45, 7) is 2.07. The van der Waals surface area contributed by atoms with Crippen molar-refractivity contribution < 1.29 is 0 Å². The molecule has 0 fully saturated rings. The Balaban J connectivity index is 1.80. The van der Waals surface area contributed by atoms with Gasteiger partial charge in [-0.15, -0.1) is 0 Å². The quantitative estimate of drug-likeness (QED) is 0.833. The number of nitrogens with zero attached hydrogens (tertiary/aromatic N) is 2. The maximum absolute atomic E-state index is 5.81. The third-order valence-electron chi connectivity index (χ3n) is 3.33. The van der Waals surface area contributed by atoms with Crippen molar-refractivity contribution in [1.82, 2.24) is 9.36 Å². The summed E-state index contributed by atoms with van der Waals surface area (Å²) >= 11 is 1.44. The molecule has 94 valence electrons. The summed E-state index contributed by atoms with van der Waals surface area (Å²) in [6, 6.07) is 6.51. The average Bonchev–Trinajstić information content (AvgIpc) is 2.97. The first-order chi connectivity index (χ1) is 8.76. The van der Waals surface area contributed by atoms with Gasteiger partial charge in [-0.25, -0.2) is 4.98 Å². The van der Waals surface area contributed by atoms with Gasteiger partial charge in [0.1, 0.15) is 5.82 Å². The molecule has 1 aliphatic carbocycles. The Kier molecular flexibility index (Phi) is 2.91. The van der Waals surface area contributed by atoms with Gasteiger partial charge in [-0.2, -0.15) is 4.37 Å². The number of hydrogen-bond donors (Lipinski definition) is 2. The molecule has 0 amide bonds. The molecule has 0 radical (unpaired) electrons. The van der Waals surface area contributed by atoms with Gasteiger partial charge >= 0.3 is 0 Å². The fraction of sp³-hybridized carbons (Fsp3) is 0.385. The Morgan fingerprint density at radius 3 is 3.17 bits per heavy atom. The van der Waals surface area contributed by atoms with Crippen LogP contribution in [0.25, 0.3) is 0 Å². The minimum Gasteiger partial charge on any atom is -0.399 e. The molecule has 1 aromatic carbocycles. The maximum Gasteiger partial charge on any atom is 0.203 e. The highest BCUT2D eigenvalue weighted by Crippen LogP contribution is 2.35. The number of aromatic nitrogens is 2. The summed E-state index contributed by atoms with van der Waals surface area (Å²) in [4.78, 5) is 4.45. The lowest BCUT2D eigenvalue weighted by molar-refractivity contribution is 0.759. The maximum atomic E-state index is 5.81. The lowest BCUT2D eigenvalue weighted by Gasteiger charge is -2.12. The van der Waals surface area contributed by atoms with E-state index in [-0.39, 0.29) is 0 Å². The number of aryl methyl sites for hydroxylation is 2. The zero-order valence-corrected chi connectivity index (χ0v) is 11.1. The van der Waals surface area contributed by atoms with Crippen LogP contribution in [0.15, 0.2) is 18.2 Å². The first-order valence-corrected chi connectivity index (χ1v) is 7.01. The lowest BCUT2D eigenvalue weighted by atomic mass is 10.1. The van der Waals surface area contributed by atoms with Gasteiger partial charge in [0.25, 0.3) is 0 Å². The zero-order chi connectivity index (χ0) is 12.5. The van der Waals surface area contributed by atoms with Crippen molar-refractivity contribution >= 4 is 22.4 Å². The highest BCUT2D eigenvalue weighted by Gasteiger charge is 2.23. The number of anilines is 2. The van der Waals surface area contributed by atoms with Crippen LogP contribution in [0.3, 0.4) is 0 Å². The number of nitrogens with two attached hydrogens (primary N) is 1. The van der Waals surface area contributed by atoms with Crippen LogP contribution in [0.5, 0.6) is 0 Å². The van der Waals surface area contributed by atoms with Gasteiger partial charge in [0.2, 0.25) is 5.13 Å². The van der Waals surface area contributed by atoms with E-state index in [9.17, 15) is 0 Å². The summed E-state index contributed by atoms with van der Waals surface area (Å²) in [5, 5.41) is 4.39. The summed E-state index contributed by atoms with van der Waals surface area (Å²) in [5.74, 6) is 0.915. The van der Waals surface area contributed by atoms with Gasteiger partial charge in [0.15, 0.2) is 0 Å². The van der Waals surface area contributed by atoms with Crippen molar-refractivity contribution in [2.45, 2.75) is 32.2 Å². The van der Waals surface area contributed by atoms with Crippen LogP contribution in [0.2, 0.25) is 0 Å². The van der Waals surface area contributed by atoms with E-state index in [1.165, 1.54) is 22.7 Å². The second-order valence-electron chi connectivity index (χ2n) is 4.56. The van der Waals surface area contributed by atoms with E-state index in [0.717, 1.165) is 35.9 Å². The number of hydrogen-bond acceptors (Lipinski definition) is 5. The molecule has 1 heterocycles. The minimum atomic E-state index is 0.346.